The molecule has 1 nitrogen and oxygen atoms in total. The van der Waals surface area contributed by atoms with E-state index in [2.05, 4.69) is 70.6 Å². The van der Waals surface area contributed by atoms with E-state index in [1.54, 1.807) is 0 Å². The van der Waals surface area contributed by atoms with Gasteiger partial charge in [0.25, 0.3) is 0 Å². The van der Waals surface area contributed by atoms with E-state index >= 15 is 0 Å². The maximum atomic E-state index is 5.63. The van der Waals surface area contributed by atoms with Crippen molar-refractivity contribution in [3.8, 4) is 0 Å². The molecule has 0 aromatic rings. The van der Waals surface area contributed by atoms with Gasteiger partial charge in [0.05, 0.1) is 0 Å². The average Bonchev–Trinajstić information content (AvgIpc) is 2.68. The molecule has 2 saturated carbocycles. The Morgan fingerprint density at radius 2 is 1.19 bits per heavy atom. The summed E-state index contributed by atoms with van der Waals surface area (Å²) in [5.41, 5.74) is 0.860. The standard InChI is InChI=1S/C19H37BrNSi.CH3.2ClH.Zr/c1-11-9-17(20)10-12(2)18(11)21-22(7,8)19-15(5)13(3)14(4)16(19)6;;;;/h11-19H,9-10H2,1-8H3;1H3;2*1H;/q2*-1;;;+4/p-2. The van der Waals surface area contributed by atoms with Gasteiger partial charge in [0.15, 0.2) is 0 Å². The third-order valence-electron chi connectivity index (χ3n) is 7.34. The van der Waals surface area contributed by atoms with Crippen LogP contribution < -0.4 is 0 Å². The summed E-state index contributed by atoms with van der Waals surface area (Å²) in [6.45, 7) is 19.9. The number of rotatable bonds is 3. The van der Waals surface area contributed by atoms with Gasteiger partial charge in [0.1, 0.15) is 0 Å². The Kier molecular flexibility index (Phi) is 13.1. The van der Waals surface area contributed by atoms with Gasteiger partial charge in [-0.3, -0.25) is 0 Å². The Bertz CT molecular complexity index is 389. The second kappa shape index (κ2) is 12.1. The molecule has 0 radical (unpaired) electrons. The van der Waals surface area contributed by atoms with Crippen molar-refractivity contribution >= 4 is 41.2 Å². The van der Waals surface area contributed by atoms with Crippen molar-refractivity contribution in [3.63, 3.8) is 0 Å². The SMILES string of the molecule is CC1CC(Br)CC(C)C1[N-][Si](C)(C)C1C(C)C(C)C(C)C1C.[CH3-].[Cl][Zr+2][Cl]. The zero-order valence-corrected chi connectivity index (χ0v) is 24.7. The van der Waals surface area contributed by atoms with Gasteiger partial charge in [-0.1, -0.05) is 96.2 Å². The molecule has 0 spiro atoms. The Labute approximate surface area is 192 Å². The molecule has 0 aromatic carbocycles. The molecule has 0 saturated heterocycles. The normalized spacial score (nSPS) is 43.0. The fourth-order valence-electron chi connectivity index (χ4n) is 5.84. The number of hydrogen-bond donors (Lipinski definition) is 0. The molecule has 6 heteroatoms. The summed E-state index contributed by atoms with van der Waals surface area (Å²) < 4.78 is 0. The second-order valence-corrected chi connectivity index (χ2v) is 18.6. The quantitative estimate of drug-likeness (QED) is 0.185. The summed E-state index contributed by atoms with van der Waals surface area (Å²) in [6, 6.07) is 0.598. The maximum absolute atomic E-state index is 5.63. The van der Waals surface area contributed by atoms with Crippen molar-refractivity contribution in [2.24, 2.45) is 35.5 Å². The molecular formula is C20H40BrCl2NSiZr. The summed E-state index contributed by atoms with van der Waals surface area (Å²) in [7, 11) is 8.30. The Morgan fingerprint density at radius 1 is 0.846 bits per heavy atom. The zero-order chi connectivity index (χ0) is 19.5. The van der Waals surface area contributed by atoms with Crippen LogP contribution in [-0.2, 0) is 20.8 Å². The molecule has 2 aliphatic rings. The van der Waals surface area contributed by atoms with Gasteiger partial charge in [-0.25, -0.2) is 0 Å². The van der Waals surface area contributed by atoms with Crippen LogP contribution >= 0.6 is 33.0 Å². The molecule has 6 unspecified atom stereocenters. The van der Waals surface area contributed by atoms with E-state index in [1.807, 2.05) is 0 Å². The molecule has 0 heterocycles. The first-order valence-corrected chi connectivity index (χ1v) is 20.1. The third kappa shape index (κ3) is 6.83. The molecule has 0 bridgehead atoms. The summed E-state index contributed by atoms with van der Waals surface area (Å²) in [5, 5.41) is 0. The van der Waals surface area contributed by atoms with Crippen molar-refractivity contribution in [2.75, 3.05) is 0 Å². The van der Waals surface area contributed by atoms with Crippen molar-refractivity contribution < 1.29 is 20.8 Å². The molecule has 0 N–H and O–H groups in total. The van der Waals surface area contributed by atoms with Gasteiger partial charge in [0.2, 0.25) is 0 Å². The number of nitrogens with zero attached hydrogens (tertiary/aromatic N) is 1. The van der Waals surface area contributed by atoms with Crippen LogP contribution in [-0.4, -0.2) is 19.1 Å². The predicted molar refractivity (Wildman–Crippen MR) is 123 cm³/mol. The van der Waals surface area contributed by atoms with Gasteiger partial charge in [0, 0.05) is 4.83 Å². The third-order valence-corrected chi connectivity index (χ3v) is 11.7. The fraction of sp³-hybridized carbons (Fsp3) is 0.950. The number of hydrogen-bond acceptors (Lipinski definition) is 0. The zero-order valence-electron chi connectivity index (χ0n) is 18.2. The molecule has 0 aromatic heterocycles. The van der Waals surface area contributed by atoms with Crippen LogP contribution in [0.4, 0.5) is 0 Å². The molecule has 26 heavy (non-hydrogen) atoms. The molecule has 0 amide bonds. The van der Waals surface area contributed by atoms with E-state index in [0.717, 1.165) is 41.0 Å². The van der Waals surface area contributed by atoms with Crippen molar-refractivity contribution in [3.05, 3.63) is 12.4 Å². The van der Waals surface area contributed by atoms with E-state index in [1.165, 1.54) is 12.8 Å². The molecule has 154 valence electrons. The van der Waals surface area contributed by atoms with E-state index in [0.29, 0.717) is 10.9 Å². The van der Waals surface area contributed by atoms with E-state index in [4.69, 9.17) is 22.0 Å². The molecule has 2 aliphatic carbocycles. The van der Waals surface area contributed by atoms with Crippen molar-refractivity contribution in [1.29, 1.82) is 0 Å². The van der Waals surface area contributed by atoms with E-state index < -0.39 is 29.1 Å². The predicted octanol–water partition coefficient (Wildman–Crippen LogP) is 8.52. The number of halogens is 3. The van der Waals surface area contributed by atoms with Crippen molar-refractivity contribution in [2.45, 2.75) is 83.9 Å². The second-order valence-electron chi connectivity index (χ2n) is 9.33. The first-order chi connectivity index (χ1) is 11.5. The molecule has 0 aliphatic heterocycles. The van der Waals surface area contributed by atoms with Crippen LogP contribution in [0.3, 0.4) is 0 Å². The van der Waals surface area contributed by atoms with Crippen molar-refractivity contribution in [1.82, 2.24) is 0 Å². The van der Waals surface area contributed by atoms with E-state index in [-0.39, 0.29) is 7.43 Å². The Hall–Kier alpha value is 2.12. The topological polar surface area (TPSA) is 14.1 Å². The summed E-state index contributed by atoms with van der Waals surface area (Å²) >= 11 is 3.02. The summed E-state index contributed by atoms with van der Waals surface area (Å²) in [5.74, 6) is 4.87. The molecule has 6 atom stereocenters. The van der Waals surface area contributed by atoms with Crippen LogP contribution in [0, 0.1) is 42.9 Å². The minimum absolute atomic E-state index is 0. The van der Waals surface area contributed by atoms with Crippen LogP contribution in [0.15, 0.2) is 0 Å². The van der Waals surface area contributed by atoms with Gasteiger partial charge in [-0.2, -0.15) is 0 Å². The van der Waals surface area contributed by atoms with E-state index in [9.17, 15) is 0 Å². The summed E-state index contributed by atoms with van der Waals surface area (Å²) in [6.07, 6.45) is 2.59. The van der Waals surface area contributed by atoms with Gasteiger partial charge in [-0.15, -0.1) is 6.04 Å². The fourth-order valence-corrected chi connectivity index (χ4v) is 11.7. The van der Waals surface area contributed by atoms with Gasteiger partial charge in [-0.05, 0) is 36.5 Å². The van der Waals surface area contributed by atoms with Crippen LogP contribution in [0.2, 0.25) is 18.6 Å². The Balaban J connectivity index is 0.00000146. The minimum atomic E-state index is -1.56. The van der Waals surface area contributed by atoms with Crippen LogP contribution in [0.25, 0.3) is 4.98 Å². The summed E-state index contributed by atoms with van der Waals surface area (Å²) in [4.78, 5) is 6.34. The average molecular weight is 565 g/mol. The first-order valence-electron chi connectivity index (χ1n) is 9.80. The monoisotopic (exact) mass is 561 g/mol. The van der Waals surface area contributed by atoms with Gasteiger partial charge < -0.3 is 12.4 Å². The number of alkyl halides is 1. The van der Waals surface area contributed by atoms with Crippen LogP contribution in [0.5, 0.6) is 0 Å². The van der Waals surface area contributed by atoms with Gasteiger partial charge >= 0.3 is 37.9 Å². The Morgan fingerprint density at radius 3 is 1.54 bits per heavy atom. The molecular weight excluding hydrogens is 524 g/mol. The molecule has 2 rings (SSSR count). The van der Waals surface area contributed by atoms with Crippen LogP contribution in [0.1, 0.15) is 54.4 Å². The first kappa shape index (κ1) is 28.1. The molecule has 2 fully saturated rings.